The summed E-state index contributed by atoms with van der Waals surface area (Å²) in [6.07, 6.45) is 0.670. The van der Waals surface area contributed by atoms with E-state index in [4.69, 9.17) is 0 Å². The molecule has 2 rings (SSSR count). The van der Waals surface area contributed by atoms with Crippen LogP contribution in [0.1, 0.15) is 20.3 Å². The summed E-state index contributed by atoms with van der Waals surface area (Å²) in [6, 6.07) is 0.460. The Labute approximate surface area is 121 Å². The molecule has 2 fully saturated rings. The van der Waals surface area contributed by atoms with Gasteiger partial charge in [-0.3, -0.25) is 4.90 Å². The maximum Gasteiger partial charge on any atom is 0.317 e. The lowest BCUT2D eigenvalue weighted by atomic mass is 10.1. The van der Waals surface area contributed by atoms with Crippen molar-refractivity contribution < 1.29 is 13.2 Å². The molecule has 0 saturated carbocycles. The second-order valence-corrected chi connectivity index (χ2v) is 8.30. The fraction of sp³-hybridized carbons (Fsp3) is 0.923. The fourth-order valence-electron chi connectivity index (χ4n) is 2.82. The molecular formula is C13H25N3O3S. The molecule has 6 nitrogen and oxygen atoms in total. The molecule has 116 valence electrons. The number of carbonyl (C=O) groups excluding carboxylic acids is 1. The van der Waals surface area contributed by atoms with Crippen LogP contribution in [0.25, 0.3) is 0 Å². The monoisotopic (exact) mass is 303 g/mol. The summed E-state index contributed by atoms with van der Waals surface area (Å²) in [5, 5.41) is 2.88. The Hall–Kier alpha value is -0.820. The minimum absolute atomic E-state index is 0.0577. The molecule has 2 saturated heterocycles. The standard InChI is InChI=1S/C13H25N3O3S/c1-11(2)15-4-6-16(7-5-15)13(17)14-9-12-3-8-20(18,19)10-12/h11-12H,3-10H2,1-2H3,(H,14,17). The molecule has 2 aliphatic rings. The Morgan fingerprint density at radius 2 is 1.90 bits per heavy atom. The van der Waals surface area contributed by atoms with E-state index in [9.17, 15) is 13.2 Å². The first-order valence-corrected chi connectivity index (χ1v) is 9.17. The Kier molecular flexibility index (Phi) is 4.90. The molecule has 0 aromatic carbocycles. The van der Waals surface area contributed by atoms with Crippen molar-refractivity contribution in [2.75, 3.05) is 44.2 Å². The average molecular weight is 303 g/mol. The predicted octanol–water partition coefficient (Wildman–Crippen LogP) is 0.157. The molecule has 0 radical (unpaired) electrons. The van der Waals surface area contributed by atoms with Crippen molar-refractivity contribution in [3.8, 4) is 0 Å². The van der Waals surface area contributed by atoms with Gasteiger partial charge in [-0.05, 0) is 26.2 Å². The van der Waals surface area contributed by atoms with Gasteiger partial charge in [-0.1, -0.05) is 0 Å². The maximum atomic E-state index is 12.0. The molecule has 1 N–H and O–H groups in total. The average Bonchev–Trinajstić information content (AvgIpc) is 2.75. The van der Waals surface area contributed by atoms with Gasteiger partial charge < -0.3 is 10.2 Å². The van der Waals surface area contributed by atoms with Crippen molar-refractivity contribution in [2.24, 2.45) is 5.92 Å². The van der Waals surface area contributed by atoms with Crippen LogP contribution in [0.4, 0.5) is 4.79 Å². The van der Waals surface area contributed by atoms with E-state index < -0.39 is 9.84 Å². The number of urea groups is 1. The van der Waals surface area contributed by atoms with E-state index in [2.05, 4.69) is 24.1 Å². The maximum absolute atomic E-state index is 12.0. The van der Waals surface area contributed by atoms with Crippen molar-refractivity contribution in [1.82, 2.24) is 15.1 Å². The number of piperazine rings is 1. The molecule has 0 bridgehead atoms. The van der Waals surface area contributed by atoms with Crippen molar-refractivity contribution in [3.63, 3.8) is 0 Å². The molecule has 20 heavy (non-hydrogen) atoms. The number of hydrogen-bond donors (Lipinski definition) is 1. The molecular weight excluding hydrogens is 278 g/mol. The topological polar surface area (TPSA) is 69.7 Å². The minimum Gasteiger partial charge on any atom is -0.338 e. The van der Waals surface area contributed by atoms with Crippen LogP contribution in [0.15, 0.2) is 0 Å². The molecule has 0 spiro atoms. The summed E-state index contributed by atoms with van der Waals surface area (Å²) >= 11 is 0. The SMILES string of the molecule is CC(C)N1CCN(C(=O)NCC2CCS(=O)(=O)C2)CC1. The quantitative estimate of drug-likeness (QED) is 0.806. The highest BCUT2D eigenvalue weighted by Crippen LogP contribution is 2.17. The van der Waals surface area contributed by atoms with Crippen molar-refractivity contribution in [3.05, 3.63) is 0 Å². The van der Waals surface area contributed by atoms with Crippen LogP contribution in [0, 0.1) is 5.92 Å². The highest BCUT2D eigenvalue weighted by molar-refractivity contribution is 7.91. The lowest BCUT2D eigenvalue weighted by Gasteiger charge is -2.36. The molecule has 0 aromatic rings. The van der Waals surface area contributed by atoms with Crippen LogP contribution in [0.2, 0.25) is 0 Å². The molecule has 2 heterocycles. The Morgan fingerprint density at radius 1 is 1.25 bits per heavy atom. The van der Waals surface area contributed by atoms with Gasteiger partial charge in [-0.2, -0.15) is 0 Å². The first-order chi connectivity index (χ1) is 9.37. The molecule has 0 aromatic heterocycles. The van der Waals surface area contributed by atoms with Crippen LogP contribution in [0.5, 0.6) is 0 Å². The van der Waals surface area contributed by atoms with Crippen LogP contribution in [-0.2, 0) is 9.84 Å². The van der Waals surface area contributed by atoms with Crippen LogP contribution in [-0.4, -0.2) is 74.5 Å². The first-order valence-electron chi connectivity index (χ1n) is 7.34. The molecule has 2 amide bonds. The summed E-state index contributed by atoms with van der Waals surface area (Å²) in [6.45, 7) is 8.10. The van der Waals surface area contributed by atoms with Gasteiger partial charge in [0.05, 0.1) is 11.5 Å². The third-order valence-electron chi connectivity index (χ3n) is 4.20. The molecule has 0 aliphatic carbocycles. The van der Waals surface area contributed by atoms with Gasteiger partial charge in [-0.15, -0.1) is 0 Å². The first kappa shape index (κ1) is 15.6. The van der Waals surface area contributed by atoms with E-state index in [1.165, 1.54) is 0 Å². The molecule has 1 unspecified atom stereocenters. The molecule has 2 aliphatic heterocycles. The molecule has 1 atom stereocenters. The Morgan fingerprint density at radius 3 is 2.40 bits per heavy atom. The summed E-state index contributed by atoms with van der Waals surface area (Å²) < 4.78 is 22.7. The van der Waals surface area contributed by atoms with Gasteiger partial charge >= 0.3 is 6.03 Å². The summed E-state index contributed by atoms with van der Waals surface area (Å²) in [5.41, 5.74) is 0. The number of nitrogens with zero attached hydrogens (tertiary/aromatic N) is 2. The van der Waals surface area contributed by atoms with Gasteiger partial charge in [0, 0.05) is 38.8 Å². The smallest absolute Gasteiger partial charge is 0.317 e. The summed E-state index contributed by atoms with van der Waals surface area (Å²) in [5.74, 6) is 0.565. The predicted molar refractivity (Wildman–Crippen MR) is 78.4 cm³/mol. The van der Waals surface area contributed by atoms with Gasteiger partial charge in [0.1, 0.15) is 0 Å². The summed E-state index contributed by atoms with van der Waals surface area (Å²) in [7, 11) is -2.86. The van der Waals surface area contributed by atoms with E-state index in [1.807, 2.05) is 4.90 Å². The fourth-order valence-corrected chi connectivity index (χ4v) is 4.68. The zero-order valence-corrected chi connectivity index (χ0v) is 13.2. The third-order valence-corrected chi connectivity index (χ3v) is 6.04. The normalized spacial score (nSPS) is 26.9. The van der Waals surface area contributed by atoms with E-state index in [1.54, 1.807) is 0 Å². The van der Waals surface area contributed by atoms with E-state index in [-0.39, 0.29) is 23.5 Å². The van der Waals surface area contributed by atoms with Crippen LogP contribution in [0.3, 0.4) is 0 Å². The second kappa shape index (κ2) is 6.30. The van der Waals surface area contributed by atoms with Gasteiger partial charge in [0.25, 0.3) is 0 Å². The van der Waals surface area contributed by atoms with E-state index in [0.717, 1.165) is 26.2 Å². The van der Waals surface area contributed by atoms with Gasteiger partial charge in [0.15, 0.2) is 9.84 Å². The van der Waals surface area contributed by atoms with Crippen LogP contribution >= 0.6 is 0 Å². The lowest BCUT2D eigenvalue weighted by molar-refractivity contribution is 0.119. The highest BCUT2D eigenvalue weighted by Gasteiger charge is 2.29. The lowest BCUT2D eigenvalue weighted by Crippen LogP contribution is -2.53. The van der Waals surface area contributed by atoms with Crippen molar-refractivity contribution >= 4 is 15.9 Å². The molecule has 7 heteroatoms. The number of amides is 2. The Bertz CT molecular complexity index is 442. The largest absolute Gasteiger partial charge is 0.338 e. The zero-order chi connectivity index (χ0) is 14.8. The van der Waals surface area contributed by atoms with Gasteiger partial charge in [-0.25, -0.2) is 13.2 Å². The summed E-state index contributed by atoms with van der Waals surface area (Å²) in [4.78, 5) is 16.2. The Balaban J connectivity index is 1.71. The van der Waals surface area contributed by atoms with Crippen molar-refractivity contribution in [2.45, 2.75) is 26.3 Å². The number of nitrogens with one attached hydrogen (secondary N) is 1. The number of sulfone groups is 1. The van der Waals surface area contributed by atoms with E-state index >= 15 is 0 Å². The number of rotatable bonds is 3. The highest BCUT2D eigenvalue weighted by atomic mass is 32.2. The van der Waals surface area contributed by atoms with Crippen molar-refractivity contribution in [1.29, 1.82) is 0 Å². The van der Waals surface area contributed by atoms with Crippen LogP contribution < -0.4 is 5.32 Å². The second-order valence-electron chi connectivity index (χ2n) is 6.07. The third kappa shape index (κ3) is 4.09. The minimum atomic E-state index is -2.86. The number of hydrogen-bond acceptors (Lipinski definition) is 4. The van der Waals surface area contributed by atoms with E-state index in [0.29, 0.717) is 19.0 Å². The number of carbonyl (C=O) groups is 1. The zero-order valence-electron chi connectivity index (χ0n) is 12.3. The van der Waals surface area contributed by atoms with Gasteiger partial charge in [0.2, 0.25) is 0 Å².